The molecule has 1 unspecified atom stereocenters. The maximum atomic E-state index is 5.86. The van der Waals surface area contributed by atoms with Crippen LogP contribution in [0.2, 0.25) is 0 Å². The molecule has 0 radical (unpaired) electrons. The maximum Gasteiger partial charge on any atom is 0.118 e. The summed E-state index contributed by atoms with van der Waals surface area (Å²) in [5.74, 6) is 0.876. The molecule has 0 saturated carbocycles. The van der Waals surface area contributed by atoms with E-state index in [4.69, 9.17) is 9.47 Å². The predicted octanol–water partition coefficient (Wildman–Crippen LogP) is 3.84. The van der Waals surface area contributed by atoms with Gasteiger partial charge in [0, 0.05) is 0 Å². The van der Waals surface area contributed by atoms with Crippen molar-refractivity contribution >= 4 is 0 Å². The minimum Gasteiger partial charge on any atom is -0.497 e. The second-order valence-electron chi connectivity index (χ2n) is 4.66. The van der Waals surface area contributed by atoms with Crippen molar-refractivity contribution in [3.05, 3.63) is 65.7 Å². The second-order valence-corrected chi connectivity index (χ2v) is 4.66. The monoisotopic (exact) mass is 256 g/mol. The summed E-state index contributed by atoms with van der Waals surface area (Å²) in [7, 11) is 1.67. The van der Waals surface area contributed by atoms with Gasteiger partial charge in [-0.25, -0.2) is 0 Å². The van der Waals surface area contributed by atoms with Crippen molar-refractivity contribution in [1.29, 1.82) is 0 Å². The number of methoxy groups -OCH3 is 1. The molecule has 2 aromatic carbocycles. The Morgan fingerprint density at radius 1 is 0.895 bits per heavy atom. The van der Waals surface area contributed by atoms with E-state index < -0.39 is 0 Å². The van der Waals surface area contributed by atoms with Crippen molar-refractivity contribution in [2.45, 2.75) is 26.1 Å². The first kappa shape index (κ1) is 13.6. The zero-order chi connectivity index (χ0) is 13.5. The Hall–Kier alpha value is -1.80. The van der Waals surface area contributed by atoms with Crippen LogP contribution in [0.5, 0.6) is 5.75 Å². The van der Waals surface area contributed by atoms with E-state index in [2.05, 4.69) is 31.2 Å². The normalized spacial score (nSPS) is 12.1. The smallest absolute Gasteiger partial charge is 0.118 e. The molecule has 19 heavy (non-hydrogen) atoms. The summed E-state index contributed by atoms with van der Waals surface area (Å²) in [6.07, 6.45) is 1.15. The summed E-state index contributed by atoms with van der Waals surface area (Å²) < 4.78 is 11.0. The van der Waals surface area contributed by atoms with Crippen LogP contribution in [0, 0.1) is 0 Å². The minimum atomic E-state index is 0.213. The lowest BCUT2D eigenvalue weighted by Gasteiger charge is -2.13. The highest BCUT2D eigenvalue weighted by Gasteiger charge is 2.04. The Balaban J connectivity index is 1.81. The maximum absolute atomic E-state index is 5.86. The topological polar surface area (TPSA) is 18.5 Å². The van der Waals surface area contributed by atoms with Crippen molar-refractivity contribution < 1.29 is 9.47 Å². The second kappa shape index (κ2) is 6.95. The summed E-state index contributed by atoms with van der Waals surface area (Å²) in [5, 5.41) is 0. The number of rotatable bonds is 6. The Bertz CT molecular complexity index is 476. The number of benzene rings is 2. The average molecular weight is 256 g/mol. The lowest BCUT2D eigenvalue weighted by atomic mass is 10.1. The van der Waals surface area contributed by atoms with E-state index in [9.17, 15) is 0 Å². The molecular formula is C17H20O2. The van der Waals surface area contributed by atoms with Gasteiger partial charge in [-0.3, -0.25) is 0 Å². The van der Waals surface area contributed by atoms with Crippen LogP contribution < -0.4 is 4.74 Å². The Labute approximate surface area is 115 Å². The van der Waals surface area contributed by atoms with E-state index in [1.54, 1.807) is 7.11 Å². The molecule has 0 aliphatic carbocycles. The molecule has 2 nitrogen and oxygen atoms in total. The predicted molar refractivity (Wildman–Crippen MR) is 77.4 cm³/mol. The Morgan fingerprint density at radius 2 is 1.58 bits per heavy atom. The first-order chi connectivity index (χ1) is 9.28. The van der Waals surface area contributed by atoms with Crippen molar-refractivity contribution in [3.63, 3.8) is 0 Å². The molecule has 0 heterocycles. The third-order valence-electron chi connectivity index (χ3n) is 3.06. The summed E-state index contributed by atoms with van der Waals surface area (Å²) in [6, 6.07) is 18.4. The fraction of sp³-hybridized carbons (Fsp3) is 0.294. The zero-order valence-electron chi connectivity index (χ0n) is 11.5. The highest BCUT2D eigenvalue weighted by atomic mass is 16.5. The molecule has 0 saturated heterocycles. The quantitative estimate of drug-likeness (QED) is 0.781. The molecular weight excluding hydrogens is 236 g/mol. The summed E-state index contributed by atoms with van der Waals surface area (Å²) in [4.78, 5) is 0. The lowest BCUT2D eigenvalue weighted by Crippen LogP contribution is -2.11. The SMILES string of the molecule is COc1ccc(COC(C)Cc2ccccc2)cc1. The van der Waals surface area contributed by atoms with Gasteiger partial charge in [-0.15, -0.1) is 0 Å². The van der Waals surface area contributed by atoms with Crippen LogP contribution in [0.3, 0.4) is 0 Å². The summed E-state index contributed by atoms with van der Waals surface area (Å²) in [5.41, 5.74) is 2.48. The first-order valence-corrected chi connectivity index (χ1v) is 6.56. The third kappa shape index (κ3) is 4.42. The van der Waals surface area contributed by atoms with Crippen molar-refractivity contribution in [1.82, 2.24) is 0 Å². The van der Waals surface area contributed by atoms with Gasteiger partial charge in [0.15, 0.2) is 0 Å². The van der Waals surface area contributed by atoms with E-state index >= 15 is 0 Å². The van der Waals surface area contributed by atoms with Gasteiger partial charge in [-0.2, -0.15) is 0 Å². The molecule has 0 aliphatic heterocycles. The molecule has 0 aromatic heterocycles. The number of ether oxygens (including phenoxy) is 2. The zero-order valence-corrected chi connectivity index (χ0v) is 11.5. The summed E-state index contributed by atoms with van der Waals surface area (Å²) in [6.45, 7) is 2.74. The molecule has 2 aromatic rings. The van der Waals surface area contributed by atoms with Crippen molar-refractivity contribution in [2.24, 2.45) is 0 Å². The standard InChI is InChI=1S/C17H20O2/c1-14(12-15-6-4-3-5-7-15)19-13-16-8-10-17(18-2)11-9-16/h3-11,14H,12-13H2,1-2H3. The molecule has 0 spiro atoms. The highest BCUT2D eigenvalue weighted by Crippen LogP contribution is 2.13. The van der Waals surface area contributed by atoms with E-state index in [-0.39, 0.29) is 6.10 Å². The molecule has 2 heteroatoms. The fourth-order valence-corrected chi connectivity index (χ4v) is 1.97. The molecule has 2 rings (SSSR count). The summed E-state index contributed by atoms with van der Waals surface area (Å²) >= 11 is 0. The van der Waals surface area contributed by atoms with Crippen LogP contribution in [-0.2, 0) is 17.8 Å². The Morgan fingerprint density at radius 3 is 2.21 bits per heavy atom. The minimum absolute atomic E-state index is 0.213. The number of hydrogen-bond acceptors (Lipinski definition) is 2. The van der Waals surface area contributed by atoms with Gasteiger partial charge in [0.1, 0.15) is 5.75 Å². The van der Waals surface area contributed by atoms with Gasteiger partial charge in [0.05, 0.1) is 19.8 Å². The molecule has 100 valence electrons. The highest BCUT2D eigenvalue weighted by molar-refractivity contribution is 5.26. The molecule has 0 aliphatic rings. The van der Waals surface area contributed by atoms with E-state index in [0.717, 1.165) is 12.2 Å². The van der Waals surface area contributed by atoms with Crippen LogP contribution in [0.4, 0.5) is 0 Å². The van der Waals surface area contributed by atoms with Crippen LogP contribution in [-0.4, -0.2) is 13.2 Å². The lowest BCUT2D eigenvalue weighted by molar-refractivity contribution is 0.0535. The van der Waals surface area contributed by atoms with Crippen LogP contribution >= 0.6 is 0 Å². The van der Waals surface area contributed by atoms with Crippen LogP contribution in [0.15, 0.2) is 54.6 Å². The van der Waals surface area contributed by atoms with Crippen LogP contribution in [0.25, 0.3) is 0 Å². The largest absolute Gasteiger partial charge is 0.497 e. The van der Waals surface area contributed by atoms with Crippen molar-refractivity contribution in [2.75, 3.05) is 7.11 Å². The van der Waals surface area contributed by atoms with E-state index in [0.29, 0.717) is 6.61 Å². The third-order valence-corrected chi connectivity index (χ3v) is 3.06. The van der Waals surface area contributed by atoms with Gasteiger partial charge in [0.2, 0.25) is 0 Å². The number of hydrogen-bond donors (Lipinski definition) is 0. The van der Waals surface area contributed by atoms with Gasteiger partial charge in [-0.1, -0.05) is 42.5 Å². The molecule has 0 bridgehead atoms. The average Bonchev–Trinajstić information content (AvgIpc) is 2.47. The van der Waals surface area contributed by atoms with Crippen LogP contribution in [0.1, 0.15) is 18.1 Å². The van der Waals surface area contributed by atoms with Gasteiger partial charge in [-0.05, 0) is 36.6 Å². The van der Waals surface area contributed by atoms with E-state index in [1.807, 2.05) is 30.3 Å². The Kier molecular flexibility index (Phi) is 4.99. The van der Waals surface area contributed by atoms with Crippen molar-refractivity contribution in [3.8, 4) is 5.75 Å². The molecule has 0 amide bonds. The van der Waals surface area contributed by atoms with E-state index in [1.165, 1.54) is 11.1 Å². The first-order valence-electron chi connectivity index (χ1n) is 6.56. The van der Waals surface area contributed by atoms with Gasteiger partial charge < -0.3 is 9.47 Å². The molecule has 1 atom stereocenters. The van der Waals surface area contributed by atoms with Gasteiger partial charge >= 0.3 is 0 Å². The fourth-order valence-electron chi connectivity index (χ4n) is 1.97. The van der Waals surface area contributed by atoms with Gasteiger partial charge in [0.25, 0.3) is 0 Å². The molecule has 0 N–H and O–H groups in total. The molecule has 0 fully saturated rings.